The van der Waals surface area contributed by atoms with E-state index in [1.54, 1.807) is 0 Å². The van der Waals surface area contributed by atoms with Gasteiger partial charge in [-0.15, -0.1) is 0 Å². The Labute approximate surface area is 242 Å². The summed E-state index contributed by atoms with van der Waals surface area (Å²) in [5.41, 5.74) is 10.1. The first kappa shape index (κ1) is 27.8. The minimum atomic E-state index is -0.880. The van der Waals surface area contributed by atoms with Gasteiger partial charge in [-0.05, 0) is 36.1 Å². The van der Waals surface area contributed by atoms with E-state index in [0.717, 1.165) is 22.3 Å². The van der Waals surface area contributed by atoms with Crippen molar-refractivity contribution in [2.75, 3.05) is 6.61 Å². The van der Waals surface area contributed by atoms with Crippen molar-refractivity contribution in [1.29, 1.82) is 0 Å². The van der Waals surface area contributed by atoms with Gasteiger partial charge in [-0.1, -0.05) is 121 Å². The number of nitrogens with two attached hydrogens (primary N) is 1. The molecule has 0 amide bonds. The first-order valence-corrected chi connectivity index (χ1v) is 14.2. The number of hydrogen-bond acceptors (Lipinski definition) is 6. The van der Waals surface area contributed by atoms with Crippen LogP contribution in [0.25, 0.3) is 0 Å². The van der Waals surface area contributed by atoms with Crippen molar-refractivity contribution in [1.82, 2.24) is 0 Å². The van der Waals surface area contributed by atoms with E-state index in [9.17, 15) is 0 Å². The van der Waals surface area contributed by atoms with Crippen LogP contribution in [0, 0.1) is 0 Å². The van der Waals surface area contributed by atoms with Crippen molar-refractivity contribution >= 4 is 0 Å². The molecule has 0 saturated carbocycles. The zero-order valence-corrected chi connectivity index (χ0v) is 23.5. The van der Waals surface area contributed by atoms with Gasteiger partial charge >= 0.3 is 0 Å². The van der Waals surface area contributed by atoms with Crippen LogP contribution >= 0.6 is 0 Å². The van der Waals surface area contributed by atoms with Gasteiger partial charge in [0.2, 0.25) is 0 Å². The van der Waals surface area contributed by atoms with Gasteiger partial charge in [0.25, 0.3) is 0 Å². The smallest absolute Gasteiger partial charge is 0.187 e. The predicted octanol–water partition coefficient (Wildman–Crippen LogP) is 5.78. The fraction of sp³-hybridized carbons (Fsp3) is 0.314. The SMILES string of the molecule is CC1(C)OC2[C@@H](O1)[C@@H](OCc1ccccc1)O[C@@H]2[C@H](N)COC(c1ccccc1)(c1ccccc1)c1ccccc1. The van der Waals surface area contributed by atoms with Gasteiger partial charge in [0.15, 0.2) is 12.1 Å². The molecule has 2 fully saturated rings. The van der Waals surface area contributed by atoms with E-state index in [2.05, 4.69) is 36.4 Å². The first-order chi connectivity index (χ1) is 20.0. The zero-order valence-electron chi connectivity index (χ0n) is 23.5. The maximum atomic E-state index is 6.98. The summed E-state index contributed by atoms with van der Waals surface area (Å²) < 4.78 is 32.2. The molecule has 2 aliphatic heterocycles. The summed E-state index contributed by atoms with van der Waals surface area (Å²) in [5, 5.41) is 0. The topological polar surface area (TPSA) is 72.2 Å². The largest absolute Gasteiger partial charge is 0.359 e. The molecule has 2 saturated heterocycles. The van der Waals surface area contributed by atoms with Crippen LogP contribution in [0.1, 0.15) is 36.1 Å². The molecule has 5 atom stereocenters. The van der Waals surface area contributed by atoms with Crippen LogP contribution in [-0.4, -0.2) is 43.0 Å². The Kier molecular flexibility index (Phi) is 8.04. The van der Waals surface area contributed by atoms with Gasteiger partial charge in [0, 0.05) is 0 Å². The number of ether oxygens (including phenoxy) is 5. The molecule has 1 unspecified atom stereocenters. The number of rotatable bonds is 10. The molecule has 2 aliphatic rings. The summed E-state index contributed by atoms with van der Waals surface area (Å²) in [4.78, 5) is 0. The standard InChI is InChI=1S/C35H37NO5/c1-34(2)40-31-30(39-33(32(31)41-34)37-23-25-15-7-3-8-16-25)29(36)24-38-35(26-17-9-4-10-18-26,27-19-11-5-12-20-27)28-21-13-6-14-22-28/h3-22,29-33H,23-24,36H2,1-2H3/t29-,30-,31?,32-,33+/m1/s1. The summed E-state index contributed by atoms with van der Waals surface area (Å²) in [6, 6.07) is 40.3. The average Bonchev–Trinajstić information content (AvgIpc) is 3.51. The molecule has 0 bridgehead atoms. The number of hydrogen-bond donors (Lipinski definition) is 1. The summed E-state index contributed by atoms with van der Waals surface area (Å²) in [5.74, 6) is -0.770. The van der Waals surface area contributed by atoms with Gasteiger partial charge in [-0.25, -0.2) is 0 Å². The quantitative estimate of drug-likeness (QED) is 0.252. The molecule has 212 valence electrons. The Hall–Kier alpha value is -3.36. The summed E-state index contributed by atoms with van der Waals surface area (Å²) >= 11 is 0. The third-order valence-electron chi connectivity index (χ3n) is 7.76. The lowest BCUT2D eigenvalue weighted by molar-refractivity contribution is -0.239. The summed E-state index contributed by atoms with van der Waals surface area (Å²) in [7, 11) is 0. The van der Waals surface area contributed by atoms with E-state index in [1.165, 1.54) is 0 Å². The molecular formula is C35H37NO5. The highest BCUT2D eigenvalue weighted by atomic mass is 16.8. The van der Waals surface area contributed by atoms with E-state index in [4.69, 9.17) is 29.4 Å². The highest BCUT2D eigenvalue weighted by molar-refractivity contribution is 5.47. The Bertz CT molecular complexity index is 1290. The van der Waals surface area contributed by atoms with Crippen molar-refractivity contribution in [3.63, 3.8) is 0 Å². The predicted molar refractivity (Wildman–Crippen MR) is 157 cm³/mol. The van der Waals surface area contributed by atoms with Gasteiger partial charge in [-0.2, -0.15) is 0 Å². The van der Waals surface area contributed by atoms with Crippen LogP contribution in [0.5, 0.6) is 0 Å². The molecule has 6 rings (SSSR count). The monoisotopic (exact) mass is 551 g/mol. The average molecular weight is 552 g/mol. The summed E-state index contributed by atoms with van der Waals surface area (Å²) in [6.07, 6.45) is -1.88. The fourth-order valence-electron chi connectivity index (χ4n) is 5.91. The normalized spacial score (nSPS) is 24.2. The second kappa shape index (κ2) is 11.9. The Morgan fingerprint density at radius 2 is 1.17 bits per heavy atom. The second-order valence-corrected chi connectivity index (χ2v) is 11.1. The molecule has 2 heterocycles. The van der Waals surface area contributed by atoms with E-state index >= 15 is 0 Å². The second-order valence-electron chi connectivity index (χ2n) is 11.1. The molecular weight excluding hydrogens is 514 g/mol. The van der Waals surface area contributed by atoms with Crippen molar-refractivity contribution in [2.24, 2.45) is 5.73 Å². The molecule has 4 aromatic rings. The first-order valence-electron chi connectivity index (χ1n) is 14.2. The highest BCUT2D eigenvalue weighted by Crippen LogP contribution is 2.43. The lowest BCUT2D eigenvalue weighted by Crippen LogP contribution is -2.48. The molecule has 6 nitrogen and oxygen atoms in total. The molecule has 6 heteroatoms. The molecule has 4 aromatic carbocycles. The van der Waals surface area contributed by atoms with E-state index in [1.807, 2.05) is 98.8 Å². The number of fused-ring (bicyclic) bond motifs is 1. The summed E-state index contributed by atoms with van der Waals surface area (Å²) in [6.45, 7) is 4.42. The molecule has 2 N–H and O–H groups in total. The Balaban J connectivity index is 1.28. The number of benzene rings is 4. The van der Waals surface area contributed by atoms with Gasteiger partial charge in [-0.3, -0.25) is 0 Å². The lowest BCUT2D eigenvalue weighted by Gasteiger charge is -2.37. The van der Waals surface area contributed by atoms with Gasteiger partial charge < -0.3 is 29.4 Å². The third kappa shape index (κ3) is 5.72. The van der Waals surface area contributed by atoms with Crippen LogP contribution in [0.15, 0.2) is 121 Å². The molecule has 41 heavy (non-hydrogen) atoms. The third-order valence-corrected chi connectivity index (χ3v) is 7.76. The fourth-order valence-corrected chi connectivity index (χ4v) is 5.91. The van der Waals surface area contributed by atoms with E-state index < -0.39 is 35.9 Å². The minimum Gasteiger partial charge on any atom is -0.359 e. The molecule has 0 radical (unpaired) electrons. The van der Waals surface area contributed by atoms with Crippen molar-refractivity contribution in [2.45, 2.75) is 62.5 Å². The maximum absolute atomic E-state index is 6.98. The van der Waals surface area contributed by atoms with Crippen LogP contribution < -0.4 is 5.73 Å². The molecule has 0 spiro atoms. The molecule has 0 aliphatic carbocycles. The van der Waals surface area contributed by atoms with E-state index in [0.29, 0.717) is 6.61 Å². The van der Waals surface area contributed by atoms with Crippen LogP contribution in [-0.2, 0) is 35.9 Å². The van der Waals surface area contributed by atoms with Gasteiger partial charge in [0.05, 0.1) is 19.3 Å². The Morgan fingerprint density at radius 3 is 1.68 bits per heavy atom. The van der Waals surface area contributed by atoms with Crippen LogP contribution in [0.3, 0.4) is 0 Å². The Morgan fingerprint density at radius 1 is 0.707 bits per heavy atom. The van der Waals surface area contributed by atoms with Gasteiger partial charge in [0.1, 0.15) is 23.9 Å². The van der Waals surface area contributed by atoms with Crippen molar-refractivity contribution < 1.29 is 23.7 Å². The van der Waals surface area contributed by atoms with Crippen molar-refractivity contribution in [3.05, 3.63) is 144 Å². The van der Waals surface area contributed by atoms with Crippen molar-refractivity contribution in [3.8, 4) is 0 Å². The zero-order chi connectivity index (χ0) is 28.3. The highest BCUT2D eigenvalue weighted by Gasteiger charge is 2.57. The maximum Gasteiger partial charge on any atom is 0.187 e. The van der Waals surface area contributed by atoms with Crippen LogP contribution in [0.4, 0.5) is 0 Å². The molecule has 0 aromatic heterocycles. The minimum absolute atomic E-state index is 0.210. The lowest BCUT2D eigenvalue weighted by atomic mass is 9.80. The van der Waals surface area contributed by atoms with Crippen LogP contribution in [0.2, 0.25) is 0 Å². The van der Waals surface area contributed by atoms with E-state index in [-0.39, 0.29) is 12.7 Å².